The lowest BCUT2D eigenvalue weighted by Crippen LogP contribution is -2.14. The van der Waals surface area contributed by atoms with Crippen LogP contribution >= 0.6 is 34.5 Å². The molecule has 0 saturated carbocycles. The molecule has 0 atom stereocenters. The molecule has 1 N–H and O–H groups in total. The van der Waals surface area contributed by atoms with Crippen LogP contribution in [0.15, 0.2) is 23.6 Å². The lowest BCUT2D eigenvalue weighted by molar-refractivity contribution is 0.661. The second-order valence-electron chi connectivity index (χ2n) is 3.52. The average molecular weight is 275 g/mol. The molecule has 5 heteroatoms. The quantitative estimate of drug-likeness (QED) is 0.900. The Kier molecular flexibility index (Phi) is 3.92. The van der Waals surface area contributed by atoms with Gasteiger partial charge in [0.15, 0.2) is 0 Å². The minimum absolute atomic E-state index is 0.592. The number of nitrogens with one attached hydrogen (secondary N) is 1. The first kappa shape index (κ1) is 12.0. The van der Waals surface area contributed by atoms with Crippen LogP contribution in [-0.4, -0.2) is 4.57 Å². The maximum atomic E-state index is 5.98. The fourth-order valence-electron chi connectivity index (χ4n) is 1.49. The van der Waals surface area contributed by atoms with Crippen molar-refractivity contribution in [3.63, 3.8) is 0 Å². The fraction of sp³-hybridized carbons (Fsp3) is 0.273. The summed E-state index contributed by atoms with van der Waals surface area (Å²) in [5, 5.41) is 6.64. The number of hydrogen-bond acceptors (Lipinski definition) is 2. The predicted octanol–water partition coefficient (Wildman–Crippen LogP) is 3.68. The summed E-state index contributed by atoms with van der Waals surface area (Å²) in [7, 11) is 1.91. The lowest BCUT2D eigenvalue weighted by Gasteiger charge is -2.05. The first-order valence-electron chi connectivity index (χ1n) is 4.91. The number of halogens is 2. The number of hydrogen-bond donors (Lipinski definition) is 1. The van der Waals surface area contributed by atoms with Crippen molar-refractivity contribution < 1.29 is 0 Å². The van der Waals surface area contributed by atoms with Crippen LogP contribution in [0.1, 0.15) is 10.6 Å². The van der Waals surface area contributed by atoms with Crippen molar-refractivity contribution in [2.45, 2.75) is 13.1 Å². The molecule has 86 valence electrons. The first-order chi connectivity index (χ1) is 7.68. The van der Waals surface area contributed by atoms with Gasteiger partial charge in [0.1, 0.15) is 5.15 Å². The van der Waals surface area contributed by atoms with Crippen molar-refractivity contribution in [2.75, 3.05) is 0 Å². The molecule has 2 aromatic heterocycles. The predicted molar refractivity (Wildman–Crippen MR) is 70.3 cm³/mol. The fourth-order valence-corrected chi connectivity index (χ4v) is 2.58. The van der Waals surface area contributed by atoms with Crippen LogP contribution in [0.4, 0.5) is 0 Å². The summed E-state index contributed by atoms with van der Waals surface area (Å²) in [6.45, 7) is 1.64. The van der Waals surface area contributed by atoms with E-state index in [4.69, 9.17) is 23.2 Å². The zero-order chi connectivity index (χ0) is 11.5. The molecule has 0 bridgehead atoms. The molecule has 2 heterocycles. The molecule has 0 aliphatic rings. The van der Waals surface area contributed by atoms with E-state index in [1.165, 1.54) is 4.88 Å². The third-order valence-electron chi connectivity index (χ3n) is 2.40. The van der Waals surface area contributed by atoms with Gasteiger partial charge in [-0.3, -0.25) is 0 Å². The van der Waals surface area contributed by atoms with Crippen LogP contribution in [0.5, 0.6) is 0 Å². The van der Waals surface area contributed by atoms with Gasteiger partial charge >= 0.3 is 0 Å². The Labute approximate surface area is 109 Å². The summed E-state index contributed by atoms with van der Waals surface area (Å²) in [6, 6.07) is 6.06. The molecule has 2 rings (SSSR count). The molecule has 2 aromatic rings. The van der Waals surface area contributed by atoms with Gasteiger partial charge in [0.2, 0.25) is 0 Å². The van der Waals surface area contributed by atoms with Gasteiger partial charge in [-0.25, -0.2) is 0 Å². The largest absolute Gasteiger partial charge is 0.336 e. The SMILES string of the molecule is Cn1c(CNCc2cccs2)cc(Cl)c1Cl. The van der Waals surface area contributed by atoms with E-state index in [-0.39, 0.29) is 0 Å². The van der Waals surface area contributed by atoms with E-state index in [2.05, 4.69) is 22.8 Å². The van der Waals surface area contributed by atoms with Crippen LogP contribution in [0.25, 0.3) is 0 Å². The van der Waals surface area contributed by atoms with Crippen LogP contribution in [0.2, 0.25) is 10.2 Å². The smallest absolute Gasteiger partial charge is 0.127 e. The van der Waals surface area contributed by atoms with E-state index >= 15 is 0 Å². The van der Waals surface area contributed by atoms with Gasteiger partial charge < -0.3 is 9.88 Å². The minimum atomic E-state index is 0.592. The third-order valence-corrected chi connectivity index (χ3v) is 4.12. The van der Waals surface area contributed by atoms with Crippen molar-refractivity contribution in [1.82, 2.24) is 9.88 Å². The van der Waals surface area contributed by atoms with E-state index in [1.54, 1.807) is 11.3 Å². The Hall–Kier alpha value is -0.480. The maximum absolute atomic E-state index is 5.98. The van der Waals surface area contributed by atoms with Crippen molar-refractivity contribution in [3.05, 3.63) is 44.3 Å². The molecule has 0 saturated heterocycles. The van der Waals surface area contributed by atoms with Crippen LogP contribution in [0, 0.1) is 0 Å². The summed E-state index contributed by atoms with van der Waals surface area (Å²) in [6.07, 6.45) is 0. The minimum Gasteiger partial charge on any atom is -0.336 e. The molecule has 2 nitrogen and oxygen atoms in total. The Bertz CT molecular complexity index is 463. The zero-order valence-corrected chi connectivity index (χ0v) is 11.2. The molecule has 16 heavy (non-hydrogen) atoms. The summed E-state index contributed by atoms with van der Waals surface area (Å²) in [4.78, 5) is 1.33. The van der Waals surface area contributed by atoms with Crippen molar-refractivity contribution in [2.24, 2.45) is 7.05 Å². The summed E-state index contributed by atoms with van der Waals surface area (Å²) in [5.74, 6) is 0. The Morgan fingerprint density at radius 3 is 2.75 bits per heavy atom. The highest BCUT2D eigenvalue weighted by Crippen LogP contribution is 2.25. The first-order valence-corrected chi connectivity index (χ1v) is 6.54. The van der Waals surface area contributed by atoms with Gasteiger partial charge in [-0.2, -0.15) is 0 Å². The average Bonchev–Trinajstić information content (AvgIpc) is 2.85. The molecule has 0 aliphatic carbocycles. The molecule has 0 amide bonds. The molecular weight excluding hydrogens is 263 g/mol. The number of rotatable bonds is 4. The highest BCUT2D eigenvalue weighted by Gasteiger charge is 2.08. The monoisotopic (exact) mass is 274 g/mol. The van der Waals surface area contributed by atoms with Crippen LogP contribution < -0.4 is 5.32 Å². The van der Waals surface area contributed by atoms with Gasteiger partial charge in [0, 0.05) is 30.7 Å². The maximum Gasteiger partial charge on any atom is 0.127 e. The number of thiophene rings is 1. The lowest BCUT2D eigenvalue weighted by atomic mass is 10.4. The second-order valence-corrected chi connectivity index (χ2v) is 5.31. The van der Waals surface area contributed by atoms with E-state index in [0.29, 0.717) is 10.2 Å². The van der Waals surface area contributed by atoms with E-state index in [9.17, 15) is 0 Å². The van der Waals surface area contributed by atoms with Crippen molar-refractivity contribution in [1.29, 1.82) is 0 Å². The Morgan fingerprint density at radius 1 is 1.38 bits per heavy atom. The highest BCUT2D eigenvalue weighted by molar-refractivity contribution is 7.09. The second kappa shape index (κ2) is 5.23. The topological polar surface area (TPSA) is 17.0 Å². The van der Waals surface area contributed by atoms with Crippen LogP contribution in [0.3, 0.4) is 0 Å². The normalized spacial score (nSPS) is 10.9. The molecule has 0 unspecified atom stereocenters. The number of nitrogens with zero attached hydrogens (tertiary/aromatic N) is 1. The van der Waals surface area contributed by atoms with Gasteiger partial charge in [-0.1, -0.05) is 29.3 Å². The van der Waals surface area contributed by atoms with Crippen molar-refractivity contribution in [3.8, 4) is 0 Å². The Balaban J connectivity index is 1.92. The van der Waals surface area contributed by atoms with Gasteiger partial charge in [0.25, 0.3) is 0 Å². The zero-order valence-electron chi connectivity index (χ0n) is 8.84. The summed E-state index contributed by atoms with van der Waals surface area (Å²) < 4.78 is 1.89. The van der Waals surface area contributed by atoms with E-state index < -0.39 is 0 Å². The van der Waals surface area contributed by atoms with E-state index in [1.807, 2.05) is 17.7 Å². The number of aromatic nitrogens is 1. The van der Waals surface area contributed by atoms with Gasteiger partial charge in [-0.05, 0) is 17.5 Å². The standard InChI is InChI=1S/C11H12Cl2N2S/c1-15-8(5-10(12)11(15)13)6-14-7-9-3-2-4-16-9/h2-5,14H,6-7H2,1H3. The van der Waals surface area contributed by atoms with Gasteiger partial charge in [0.05, 0.1) is 5.02 Å². The molecule has 0 aromatic carbocycles. The molecule has 0 fully saturated rings. The van der Waals surface area contributed by atoms with Crippen LogP contribution in [-0.2, 0) is 20.1 Å². The highest BCUT2D eigenvalue weighted by atomic mass is 35.5. The summed E-state index contributed by atoms with van der Waals surface area (Å²) >= 11 is 13.7. The molecule has 0 spiro atoms. The Morgan fingerprint density at radius 2 is 2.19 bits per heavy atom. The third kappa shape index (κ3) is 2.61. The molecular formula is C11H12Cl2N2S. The van der Waals surface area contributed by atoms with E-state index in [0.717, 1.165) is 18.8 Å². The molecule has 0 aliphatic heterocycles. The van der Waals surface area contributed by atoms with Gasteiger partial charge in [-0.15, -0.1) is 11.3 Å². The summed E-state index contributed by atoms with van der Waals surface area (Å²) in [5.41, 5.74) is 1.09. The molecule has 0 radical (unpaired) electrons. The van der Waals surface area contributed by atoms with Crippen molar-refractivity contribution >= 4 is 34.5 Å².